The summed E-state index contributed by atoms with van der Waals surface area (Å²) in [6.07, 6.45) is 15.6. The van der Waals surface area contributed by atoms with Crippen molar-refractivity contribution in [2.24, 2.45) is 5.92 Å². The summed E-state index contributed by atoms with van der Waals surface area (Å²) < 4.78 is 0. The third-order valence-electron chi connectivity index (χ3n) is 5.65. The molecule has 0 N–H and O–H groups in total. The average molecular weight is 314 g/mol. The van der Waals surface area contributed by atoms with Gasteiger partial charge in [0.2, 0.25) is 0 Å². The lowest BCUT2D eigenvalue weighted by Gasteiger charge is -2.24. The van der Waals surface area contributed by atoms with E-state index in [2.05, 4.69) is 73.7 Å². The summed E-state index contributed by atoms with van der Waals surface area (Å²) in [5, 5.41) is 0. The van der Waals surface area contributed by atoms with Gasteiger partial charge in [0.25, 0.3) is 0 Å². The molecule has 0 aromatic heterocycles. The normalized spacial score (nSPS) is 16.4. The van der Waals surface area contributed by atoms with Crippen molar-refractivity contribution in [2.45, 2.75) is 44.9 Å². The molecular formula is C24H26. The number of unbranched alkanes of at least 4 members (excludes halogenated alkanes) is 2. The molecule has 2 aromatic rings. The Kier molecular flexibility index (Phi) is 4.38. The van der Waals surface area contributed by atoms with Crippen molar-refractivity contribution in [3.05, 3.63) is 83.5 Å². The van der Waals surface area contributed by atoms with Crippen molar-refractivity contribution in [1.82, 2.24) is 0 Å². The van der Waals surface area contributed by atoms with Crippen LogP contribution in [0.5, 0.6) is 0 Å². The topological polar surface area (TPSA) is 0 Å². The van der Waals surface area contributed by atoms with Crippen LogP contribution in [0.4, 0.5) is 0 Å². The summed E-state index contributed by atoms with van der Waals surface area (Å²) in [5.74, 6) is 1.19. The molecule has 0 spiro atoms. The summed E-state index contributed by atoms with van der Waals surface area (Å²) in [6.45, 7) is 2.29. The Morgan fingerprint density at radius 2 is 1.71 bits per heavy atom. The highest BCUT2D eigenvalue weighted by atomic mass is 14.3. The fourth-order valence-corrected chi connectivity index (χ4v) is 4.42. The summed E-state index contributed by atoms with van der Waals surface area (Å²) in [6, 6.07) is 15.9. The zero-order chi connectivity index (χ0) is 16.4. The van der Waals surface area contributed by atoms with Crippen molar-refractivity contribution in [2.75, 3.05) is 0 Å². The Balaban J connectivity index is 1.72. The van der Waals surface area contributed by atoms with E-state index in [0.717, 1.165) is 6.42 Å². The van der Waals surface area contributed by atoms with Gasteiger partial charge in [0.15, 0.2) is 0 Å². The van der Waals surface area contributed by atoms with E-state index in [1.165, 1.54) is 42.4 Å². The molecule has 0 aliphatic heterocycles. The number of allylic oxidation sites excluding steroid dienone is 4. The van der Waals surface area contributed by atoms with Crippen LogP contribution in [0.15, 0.2) is 66.8 Å². The molecule has 0 nitrogen and oxygen atoms in total. The first-order chi connectivity index (χ1) is 11.9. The van der Waals surface area contributed by atoms with Gasteiger partial charge in [-0.1, -0.05) is 93.0 Å². The van der Waals surface area contributed by atoms with Gasteiger partial charge >= 0.3 is 0 Å². The molecule has 0 bridgehead atoms. The van der Waals surface area contributed by atoms with Gasteiger partial charge in [-0.2, -0.15) is 0 Å². The number of rotatable bonds is 6. The molecule has 0 saturated carbocycles. The van der Waals surface area contributed by atoms with E-state index in [4.69, 9.17) is 0 Å². The lowest BCUT2D eigenvalue weighted by atomic mass is 9.80. The number of hydrogen-bond acceptors (Lipinski definition) is 0. The molecule has 122 valence electrons. The fraction of sp³-hybridized carbons (Fsp3) is 0.333. The molecule has 1 atom stereocenters. The SMILES string of the molecule is CCCCCC(c1cccc2c1Cc1ccccc1-2)C1C=CC=C1. The Labute approximate surface area is 145 Å². The van der Waals surface area contributed by atoms with Crippen LogP contribution in [-0.2, 0) is 6.42 Å². The van der Waals surface area contributed by atoms with Gasteiger partial charge in [0.05, 0.1) is 0 Å². The van der Waals surface area contributed by atoms with Crippen LogP contribution in [0.25, 0.3) is 11.1 Å². The van der Waals surface area contributed by atoms with Crippen molar-refractivity contribution in [3.63, 3.8) is 0 Å². The second-order valence-electron chi connectivity index (χ2n) is 7.16. The zero-order valence-electron chi connectivity index (χ0n) is 14.5. The van der Waals surface area contributed by atoms with Gasteiger partial charge in [-0.3, -0.25) is 0 Å². The number of hydrogen-bond donors (Lipinski definition) is 0. The molecule has 2 aromatic carbocycles. The van der Waals surface area contributed by atoms with E-state index in [0.29, 0.717) is 11.8 Å². The minimum Gasteiger partial charge on any atom is -0.0770 e. The van der Waals surface area contributed by atoms with Gasteiger partial charge in [0.1, 0.15) is 0 Å². The first kappa shape index (κ1) is 15.4. The van der Waals surface area contributed by atoms with Crippen molar-refractivity contribution < 1.29 is 0 Å². The predicted octanol–water partition coefficient (Wildman–Crippen LogP) is 6.66. The predicted molar refractivity (Wildman–Crippen MR) is 103 cm³/mol. The van der Waals surface area contributed by atoms with Gasteiger partial charge in [0, 0.05) is 5.92 Å². The maximum absolute atomic E-state index is 2.39. The monoisotopic (exact) mass is 314 g/mol. The van der Waals surface area contributed by atoms with Crippen molar-refractivity contribution in [3.8, 4) is 11.1 Å². The summed E-state index contributed by atoms with van der Waals surface area (Å²) in [5.41, 5.74) is 7.56. The minimum absolute atomic E-state index is 0.567. The Morgan fingerprint density at radius 3 is 2.54 bits per heavy atom. The van der Waals surface area contributed by atoms with Crippen LogP contribution in [0.2, 0.25) is 0 Å². The van der Waals surface area contributed by atoms with E-state index in [9.17, 15) is 0 Å². The smallest absolute Gasteiger partial charge is 0.00216 e. The molecule has 0 amide bonds. The lowest BCUT2D eigenvalue weighted by molar-refractivity contribution is 0.512. The van der Waals surface area contributed by atoms with Crippen LogP contribution >= 0.6 is 0 Å². The molecule has 0 heteroatoms. The molecule has 2 aliphatic rings. The third kappa shape index (κ3) is 2.75. The first-order valence-corrected chi connectivity index (χ1v) is 9.43. The maximum atomic E-state index is 2.39. The molecule has 0 fully saturated rings. The van der Waals surface area contributed by atoms with Crippen molar-refractivity contribution >= 4 is 0 Å². The maximum Gasteiger partial charge on any atom is 0.00216 e. The molecule has 0 radical (unpaired) electrons. The van der Waals surface area contributed by atoms with E-state index in [1.807, 2.05) is 0 Å². The molecule has 0 saturated heterocycles. The highest BCUT2D eigenvalue weighted by molar-refractivity contribution is 5.78. The quantitative estimate of drug-likeness (QED) is 0.446. The third-order valence-corrected chi connectivity index (χ3v) is 5.65. The molecule has 4 rings (SSSR count). The van der Waals surface area contributed by atoms with Crippen LogP contribution in [0.3, 0.4) is 0 Å². The van der Waals surface area contributed by atoms with E-state index in [-0.39, 0.29) is 0 Å². The van der Waals surface area contributed by atoms with E-state index < -0.39 is 0 Å². The average Bonchev–Trinajstić information content (AvgIpc) is 3.26. The highest BCUT2D eigenvalue weighted by Gasteiger charge is 2.27. The summed E-state index contributed by atoms with van der Waals surface area (Å²) >= 11 is 0. The number of fused-ring (bicyclic) bond motifs is 3. The standard InChI is InChI=1S/C24H26/c1-2-3-4-13-20(18-10-5-6-11-18)22-15-9-16-23-21-14-8-7-12-19(21)17-24(22)23/h5-12,14-16,18,20H,2-4,13,17H2,1H3. The molecule has 24 heavy (non-hydrogen) atoms. The second-order valence-corrected chi connectivity index (χ2v) is 7.16. The largest absolute Gasteiger partial charge is 0.0770 e. The second kappa shape index (κ2) is 6.81. The van der Waals surface area contributed by atoms with Crippen molar-refractivity contribution in [1.29, 1.82) is 0 Å². The van der Waals surface area contributed by atoms with Gasteiger partial charge in [-0.25, -0.2) is 0 Å². The van der Waals surface area contributed by atoms with Gasteiger partial charge in [-0.15, -0.1) is 0 Å². The Morgan fingerprint density at radius 1 is 0.917 bits per heavy atom. The lowest BCUT2D eigenvalue weighted by Crippen LogP contribution is -2.10. The molecule has 0 heterocycles. The minimum atomic E-state index is 0.567. The Bertz CT molecular complexity index is 766. The Hall–Kier alpha value is -2.08. The summed E-state index contributed by atoms with van der Waals surface area (Å²) in [7, 11) is 0. The zero-order valence-corrected chi connectivity index (χ0v) is 14.5. The van der Waals surface area contributed by atoms with E-state index in [1.54, 1.807) is 11.1 Å². The molecular weight excluding hydrogens is 288 g/mol. The van der Waals surface area contributed by atoms with Crippen LogP contribution in [0.1, 0.15) is 55.2 Å². The van der Waals surface area contributed by atoms with E-state index >= 15 is 0 Å². The molecule has 2 aliphatic carbocycles. The first-order valence-electron chi connectivity index (χ1n) is 9.43. The van der Waals surface area contributed by atoms with Gasteiger partial charge < -0.3 is 0 Å². The van der Waals surface area contributed by atoms with Crippen LogP contribution in [0, 0.1) is 5.92 Å². The van der Waals surface area contributed by atoms with Gasteiger partial charge in [-0.05, 0) is 46.6 Å². The number of benzene rings is 2. The fourth-order valence-electron chi connectivity index (χ4n) is 4.42. The van der Waals surface area contributed by atoms with Crippen LogP contribution in [-0.4, -0.2) is 0 Å². The van der Waals surface area contributed by atoms with Crippen LogP contribution < -0.4 is 0 Å². The molecule has 1 unspecified atom stereocenters. The summed E-state index contributed by atoms with van der Waals surface area (Å²) in [4.78, 5) is 0. The highest BCUT2D eigenvalue weighted by Crippen LogP contribution is 2.44.